The zero-order valence-corrected chi connectivity index (χ0v) is 18.1. The van der Waals surface area contributed by atoms with Crippen LogP contribution in [0.3, 0.4) is 0 Å². The van der Waals surface area contributed by atoms with Crippen LogP contribution in [-0.2, 0) is 24.3 Å². The molecule has 0 aromatic heterocycles. The Balaban J connectivity index is 1.95. The van der Waals surface area contributed by atoms with Gasteiger partial charge in [-0.1, -0.05) is 17.2 Å². The molecule has 0 amide bonds. The maximum absolute atomic E-state index is 11.2. The molecule has 0 bridgehead atoms. The van der Waals surface area contributed by atoms with E-state index >= 15 is 0 Å². The third-order valence-electron chi connectivity index (χ3n) is 4.21. The van der Waals surface area contributed by atoms with Gasteiger partial charge in [0.1, 0.15) is 17.7 Å². The average molecular weight is 479 g/mol. The van der Waals surface area contributed by atoms with E-state index in [0.717, 1.165) is 23.7 Å². The van der Waals surface area contributed by atoms with E-state index in [0.29, 0.717) is 46.9 Å². The molecule has 3 rings (SSSR count). The largest absolute Gasteiger partial charge is 0.491 e. The molecule has 0 unspecified atom stereocenters. The van der Waals surface area contributed by atoms with Crippen LogP contribution in [0.5, 0.6) is 5.75 Å². The van der Waals surface area contributed by atoms with E-state index in [1.54, 1.807) is 24.3 Å². The van der Waals surface area contributed by atoms with Crippen LogP contribution >= 0.6 is 12.0 Å². The van der Waals surface area contributed by atoms with Gasteiger partial charge in [-0.05, 0) is 54.3 Å². The summed E-state index contributed by atoms with van der Waals surface area (Å²) in [6.07, 6.45) is 1.74. The molecule has 3 aromatic rings. The SMILES string of the molecule is O=CCCCOc1ccc2cc(SOOO)ccc2c1N=Nc1ccc(S(=O)(=O)O)cc1. The van der Waals surface area contributed by atoms with Gasteiger partial charge in [0.15, 0.2) is 0 Å². The summed E-state index contributed by atoms with van der Waals surface area (Å²) in [5.74, 6) is 0.456. The molecule has 0 fully saturated rings. The van der Waals surface area contributed by atoms with Crippen LogP contribution in [-0.4, -0.2) is 31.1 Å². The fourth-order valence-electron chi connectivity index (χ4n) is 2.74. The van der Waals surface area contributed by atoms with Crippen molar-refractivity contribution in [1.82, 2.24) is 0 Å². The number of rotatable bonds is 11. The zero-order chi connectivity index (χ0) is 23.0. The lowest BCUT2D eigenvalue weighted by atomic mass is 10.1. The van der Waals surface area contributed by atoms with Crippen molar-refractivity contribution in [3.8, 4) is 5.75 Å². The van der Waals surface area contributed by atoms with Gasteiger partial charge in [0.25, 0.3) is 10.1 Å². The first-order chi connectivity index (χ1) is 15.4. The highest BCUT2D eigenvalue weighted by Crippen LogP contribution is 2.38. The first kappa shape index (κ1) is 23.8. The van der Waals surface area contributed by atoms with E-state index in [9.17, 15) is 13.2 Å². The molecular formula is C20H18N2O8S2. The Hall–Kier alpha value is -2.87. The second-order valence-electron chi connectivity index (χ2n) is 6.35. The van der Waals surface area contributed by atoms with Gasteiger partial charge in [-0.2, -0.15) is 13.5 Å². The van der Waals surface area contributed by atoms with Crippen LogP contribution in [0, 0.1) is 0 Å². The molecule has 0 atom stereocenters. The molecule has 0 saturated heterocycles. The Morgan fingerprint density at radius 2 is 1.81 bits per heavy atom. The smallest absolute Gasteiger partial charge is 0.294 e. The van der Waals surface area contributed by atoms with Crippen LogP contribution in [0.25, 0.3) is 10.8 Å². The number of ether oxygens (including phenoxy) is 1. The van der Waals surface area contributed by atoms with Crippen molar-refractivity contribution in [2.24, 2.45) is 10.2 Å². The van der Waals surface area contributed by atoms with E-state index in [-0.39, 0.29) is 4.90 Å². The lowest BCUT2D eigenvalue weighted by molar-refractivity contribution is -0.432. The highest BCUT2D eigenvalue weighted by molar-refractivity contribution is 7.94. The maximum atomic E-state index is 11.2. The predicted octanol–water partition coefficient (Wildman–Crippen LogP) is 5.29. The van der Waals surface area contributed by atoms with Gasteiger partial charge in [-0.25, -0.2) is 5.26 Å². The first-order valence-corrected chi connectivity index (χ1v) is 11.4. The van der Waals surface area contributed by atoms with Crippen LogP contribution in [0.2, 0.25) is 0 Å². The van der Waals surface area contributed by atoms with E-state index in [1.165, 1.54) is 24.3 Å². The lowest BCUT2D eigenvalue weighted by Crippen LogP contribution is -1.98. The van der Waals surface area contributed by atoms with Crippen molar-refractivity contribution in [3.63, 3.8) is 0 Å². The van der Waals surface area contributed by atoms with Crippen molar-refractivity contribution in [2.75, 3.05) is 6.61 Å². The minimum absolute atomic E-state index is 0.250. The highest BCUT2D eigenvalue weighted by Gasteiger charge is 2.12. The molecule has 10 nitrogen and oxygen atoms in total. The average Bonchev–Trinajstić information content (AvgIpc) is 2.79. The molecule has 0 saturated carbocycles. The molecule has 12 heteroatoms. The summed E-state index contributed by atoms with van der Waals surface area (Å²) in [5, 5.41) is 21.9. The van der Waals surface area contributed by atoms with Crippen LogP contribution < -0.4 is 4.74 Å². The van der Waals surface area contributed by atoms with Crippen LogP contribution in [0.15, 0.2) is 74.6 Å². The van der Waals surface area contributed by atoms with E-state index in [4.69, 9.17) is 14.5 Å². The summed E-state index contributed by atoms with van der Waals surface area (Å²) in [5.41, 5.74) is 0.797. The number of fused-ring (bicyclic) bond motifs is 1. The van der Waals surface area contributed by atoms with E-state index in [1.807, 2.05) is 6.07 Å². The molecular weight excluding hydrogens is 460 g/mol. The molecule has 0 aliphatic heterocycles. The third kappa shape index (κ3) is 6.32. The van der Waals surface area contributed by atoms with Gasteiger partial charge in [0.2, 0.25) is 0 Å². The molecule has 0 heterocycles. The monoisotopic (exact) mass is 478 g/mol. The van der Waals surface area contributed by atoms with Crippen molar-refractivity contribution in [1.29, 1.82) is 0 Å². The summed E-state index contributed by atoms with van der Waals surface area (Å²) in [6, 6.07) is 14.1. The molecule has 32 heavy (non-hydrogen) atoms. The topological polar surface area (TPSA) is 144 Å². The Morgan fingerprint density at radius 1 is 1.03 bits per heavy atom. The molecule has 0 spiro atoms. The second kappa shape index (κ2) is 11.1. The van der Waals surface area contributed by atoms with Gasteiger partial charge >= 0.3 is 0 Å². The van der Waals surface area contributed by atoms with E-state index < -0.39 is 10.1 Å². The number of carbonyl (C=O) groups excluding carboxylic acids is 1. The second-order valence-corrected chi connectivity index (χ2v) is 8.54. The molecule has 0 aliphatic carbocycles. The van der Waals surface area contributed by atoms with Crippen LogP contribution in [0.1, 0.15) is 12.8 Å². The Bertz CT molecular complexity index is 1210. The lowest BCUT2D eigenvalue weighted by Gasteiger charge is -2.11. The molecule has 0 radical (unpaired) electrons. The van der Waals surface area contributed by atoms with Crippen molar-refractivity contribution in [2.45, 2.75) is 22.6 Å². The third-order valence-corrected chi connectivity index (χ3v) is 5.65. The number of azo groups is 1. The number of hydrogen-bond acceptors (Lipinski definition) is 10. The maximum Gasteiger partial charge on any atom is 0.294 e. The van der Waals surface area contributed by atoms with Gasteiger partial charge in [0.05, 0.1) is 29.2 Å². The number of aldehydes is 1. The van der Waals surface area contributed by atoms with Gasteiger partial charge in [0, 0.05) is 16.7 Å². The highest BCUT2D eigenvalue weighted by atomic mass is 32.2. The van der Waals surface area contributed by atoms with Crippen LogP contribution in [0.4, 0.5) is 11.4 Å². The number of unbranched alkanes of at least 4 members (excludes halogenated alkanes) is 1. The summed E-state index contributed by atoms with van der Waals surface area (Å²) >= 11 is 0.818. The number of carbonyl (C=O) groups is 1. The Morgan fingerprint density at radius 3 is 2.50 bits per heavy atom. The van der Waals surface area contributed by atoms with Gasteiger partial charge in [-0.15, -0.1) is 9.45 Å². The Kier molecular flexibility index (Phi) is 8.27. The minimum atomic E-state index is -4.30. The fourth-order valence-corrected chi connectivity index (χ4v) is 3.63. The minimum Gasteiger partial charge on any atom is -0.491 e. The van der Waals surface area contributed by atoms with Gasteiger partial charge < -0.3 is 9.53 Å². The summed E-state index contributed by atoms with van der Waals surface area (Å²) in [6.45, 7) is 0.311. The molecule has 2 N–H and O–H groups in total. The molecule has 168 valence electrons. The first-order valence-electron chi connectivity index (χ1n) is 9.19. The predicted molar refractivity (Wildman–Crippen MR) is 116 cm³/mol. The normalized spacial score (nSPS) is 11.8. The molecule has 0 aliphatic rings. The van der Waals surface area contributed by atoms with Crippen molar-refractivity contribution < 1.29 is 37.1 Å². The number of benzene rings is 3. The summed E-state index contributed by atoms with van der Waals surface area (Å²) in [7, 11) is -4.30. The van der Waals surface area contributed by atoms with Crippen molar-refractivity contribution in [3.05, 3.63) is 54.6 Å². The summed E-state index contributed by atoms with van der Waals surface area (Å²) < 4.78 is 41.7. The molecule has 3 aromatic carbocycles. The fraction of sp³-hybridized carbons (Fsp3) is 0.150. The van der Waals surface area contributed by atoms with Crippen molar-refractivity contribution >= 4 is 50.6 Å². The standard InChI is InChI=1S/C20H18N2O8S2/c23-11-1-2-12-28-19-10-3-14-13-16(31-30-29-24)6-9-18(14)20(19)22-21-15-4-7-17(8-5-15)32(25,26)27/h3-11,13,24H,1-2,12H2,(H,25,26,27). The number of hydrogen-bond donors (Lipinski definition) is 2. The van der Waals surface area contributed by atoms with Gasteiger partial charge in [-0.3, -0.25) is 4.55 Å². The zero-order valence-electron chi connectivity index (χ0n) is 16.4. The number of nitrogens with zero attached hydrogens (tertiary/aromatic N) is 2. The van der Waals surface area contributed by atoms with E-state index in [2.05, 4.69) is 19.6 Å². The Labute approximate surface area is 187 Å². The summed E-state index contributed by atoms with van der Waals surface area (Å²) in [4.78, 5) is 10.9. The quantitative estimate of drug-likeness (QED) is 0.0714.